The molecule has 0 unspecified atom stereocenters. The van der Waals surface area contributed by atoms with E-state index in [2.05, 4.69) is 15.3 Å². The molecule has 7 heteroatoms. The lowest BCUT2D eigenvalue weighted by Gasteiger charge is -2.09. The Balaban J connectivity index is 1.63. The number of pyridine rings is 1. The monoisotopic (exact) mass is 364 g/mol. The summed E-state index contributed by atoms with van der Waals surface area (Å²) >= 11 is 1.30. The first-order chi connectivity index (χ1) is 12.5. The van der Waals surface area contributed by atoms with Gasteiger partial charge in [0.05, 0.1) is 11.8 Å². The number of nitrogens with one attached hydrogen (secondary N) is 1. The molecule has 130 valence electrons. The highest BCUT2D eigenvalue weighted by molar-refractivity contribution is 7.25. The molecule has 0 fully saturated rings. The summed E-state index contributed by atoms with van der Waals surface area (Å²) in [6, 6.07) is 9.43. The molecule has 1 amide bonds. The lowest BCUT2D eigenvalue weighted by Crippen LogP contribution is -2.27. The number of amides is 1. The third-order valence-electron chi connectivity index (χ3n) is 4.33. The van der Waals surface area contributed by atoms with Crippen LogP contribution in [0.3, 0.4) is 0 Å². The summed E-state index contributed by atoms with van der Waals surface area (Å²) in [6.45, 7) is 3.92. The van der Waals surface area contributed by atoms with E-state index in [9.17, 15) is 9.59 Å². The first-order valence-electron chi connectivity index (χ1n) is 8.13. The van der Waals surface area contributed by atoms with Crippen molar-refractivity contribution in [2.24, 2.45) is 0 Å². The number of hydrogen-bond acceptors (Lipinski definition) is 5. The Labute approximate surface area is 153 Å². The van der Waals surface area contributed by atoms with E-state index in [0.29, 0.717) is 15.9 Å². The molecular formula is C19H16N4O2S. The standard InChI is InChI=1S/C19H16N4O2S/c1-11-5-6-13(8-12(11)2)22-15(24)9-23-10-21-16-14-4-3-7-20-18(14)26-17(16)19(23)25/h3-8,10H,9H2,1-2H3,(H,22,24). The molecule has 3 heterocycles. The van der Waals surface area contributed by atoms with E-state index in [1.165, 1.54) is 22.2 Å². The molecule has 1 N–H and O–H groups in total. The van der Waals surface area contributed by atoms with Crippen molar-refractivity contribution >= 4 is 43.4 Å². The summed E-state index contributed by atoms with van der Waals surface area (Å²) in [5, 5.41) is 3.68. The minimum absolute atomic E-state index is 0.0869. The Morgan fingerprint density at radius 2 is 2.04 bits per heavy atom. The number of aromatic nitrogens is 3. The van der Waals surface area contributed by atoms with Crippen LogP contribution in [0.25, 0.3) is 20.4 Å². The number of thiophene rings is 1. The number of hydrogen-bond donors (Lipinski definition) is 1. The van der Waals surface area contributed by atoms with Gasteiger partial charge in [0, 0.05) is 17.3 Å². The third kappa shape index (κ3) is 2.86. The van der Waals surface area contributed by atoms with Crippen molar-refractivity contribution in [3.8, 4) is 0 Å². The number of fused-ring (bicyclic) bond motifs is 3. The second-order valence-corrected chi connectivity index (χ2v) is 7.16. The zero-order valence-electron chi connectivity index (χ0n) is 14.3. The summed E-state index contributed by atoms with van der Waals surface area (Å²) in [6.07, 6.45) is 3.11. The van der Waals surface area contributed by atoms with E-state index in [0.717, 1.165) is 21.3 Å². The molecule has 4 aromatic rings. The Hall–Kier alpha value is -3.06. The maximum atomic E-state index is 12.7. The fourth-order valence-corrected chi connectivity index (χ4v) is 3.84. The smallest absolute Gasteiger partial charge is 0.271 e. The highest BCUT2D eigenvalue weighted by Crippen LogP contribution is 2.27. The van der Waals surface area contributed by atoms with Gasteiger partial charge in [-0.1, -0.05) is 6.07 Å². The van der Waals surface area contributed by atoms with E-state index in [1.807, 2.05) is 44.2 Å². The van der Waals surface area contributed by atoms with Crippen molar-refractivity contribution in [2.75, 3.05) is 5.32 Å². The van der Waals surface area contributed by atoms with Crippen molar-refractivity contribution < 1.29 is 4.79 Å². The average molecular weight is 364 g/mol. The van der Waals surface area contributed by atoms with Gasteiger partial charge in [-0.3, -0.25) is 14.2 Å². The molecular weight excluding hydrogens is 348 g/mol. The van der Waals surface area contributed by atoms with E-state index in [1.54, 1.807) is 6.20 Å². The molecule has 0 aliphatic heterocycles. The first-order valence-corrected chi connectivity index (χ1v) is 8.94. The van der Waals surface area contributed by atoms with Crippen LogP contribution in [0.1, 0.15) is 11.1 Å². The van der Waals surface area contributed by atoms with Crippen LogP contribution >= 0.6 is 11.3 Å². The van der Waals surface area contributed by atoms with Crippen LogP contribution in [0.15, 0.2) is 47.7 Å². The van der Waals surface area contributed by atoms with Gasteiger partial charge in [-0.25, -0.2) is 9.97 Å². The van der Waals surface area contributed by atoms with Gasteiger partial charge in [-0.2, -0.15) is 0 Å². The molecule has 0 aliphatic carbocycles. The molecule has 0 saturated heterocycles. The molecule has 0 atom stereocenters. The van der Waals surface area contributed by atoms with Gasteiger partial charge in [-0.05, 0) is 49.2 Å². The fraction of sp³-hybridized carbons (Fsp3) is 0.158. The third-order valence-corrected chi connectivity index (χ3v) is 5.42. The SMILES string of the molecule is Cc1ccc(NC(=O)Cn2cnc3c(sc4ncccc43)c2=O)cc1C. The molecule has 4 rings (SSSR count). The van der Waals surface area contributed by atoms with Gasteiger partial charge >= 0.3 is 0 Å². The molecule has 26 heavy (non-hydrogen) atoms. The number of rotatable bonds is 3. The molecule has 1 aromatic carbocycles. The second kappa shape index (κ2) is 6.34. The maximum absolute atomic E-state index is 12.7. The minimum Gasteiger partial charge on any atom is -0.325 e. The van der Waals surface area contributed by atoms with Crippen LogP contribution in [0.5, 0.6) is 0 Å². The van der Waals surface area contributed by atoms with Crippen molar-refractivity contribution in [3.63, 3.8) is 0 Å². The summed E-state index contributed by atoms with van der Waals surface area (Å²) < 4.78 is 1.84. The Morgan fingerprint density at radius 3 is 2.85 bits per heavy atom. The lowest BCUT2D eigenvalue weighted by molar-refractivity contribution is -0.116. The lowest BCUT2D eigenvalue weighted by atomic mass is 10.1. The van der Waals surface area contributed by atoms with Crippen LogP contribution in [0, 0.1) is 13.8 Å². The number of anilines is 1. The average Bonchev–Trinajstić information content (AvgIpc) is 3.00. The topological polar surface area (TPSA) is 76.9 Å². The number of aryl methyl sites for hydroxylation is 2. The van der Waals surface area contributed by atoms with E-state index in [4.69, 9.17) is 0 Å². The molecule has 3 aromatic heterocycles. The highest BCUT2D eigenvalue weighted by Gasteiger charge is 2.13. The maximum Gasteiger partial charge on any atom is 0.271 e. The van der Waals surface area contributed by atoms with Crippen LogP contribution in [-0.4, -0.2) is 20.4 Å². The van der Waals surface area contributed by atoms with Crippen molar-refractivity contribution in [1.29, 1.82) is 0 Å². The van der Waals surface area contributed by atoms with Crippen LogP contribution in [0.2, 0.25) is 0 Å². The zero-order chi connectivity index (χ0) is 18.3. The van der Waals surface area contributed by atoms with E-state index >= 15 is 0 Å². The molecule has 0 aliphatic rings. The van der Waals surface area contributed by atoms with Gasteiger partial charge in [0.1, 0.15) is 16.1 Å². The van der Waals surface area contributed by atoms with Crippen LogP contribution in [-0.2, 0) is 11.3 Å². The van der Waals surface area contributed by atoms with Crippen molar-refractivity contribution in [3.05, 3.63) is 64.3 Å². The zero-order valence-corrected chi connectivity index (χ0v) is 15.1. The molecule has 6 nitrogen and oxygen atoms in total. The summed E-state index contributed by atoms with van der Waals surface area (Å²) in [5.74, 6) is -0.268. The minimum atomic E-state index is -0.268. The Bertz CT molecular complexity index is 1210. The summed E-state index contributed by atoms with van der Waals surface area (Å²) in [5.41, 5.74) is 3.38. The Kier molecular flexibility index (Phi) is 4.00. The number of carbonyl (C=O) groups is 1. The number of carbonyl (C=O) groups excluding carboxylic acids is 1. The number of nitrogens with zero attached hydrogens (tertiary/aromatic N) is 3. The summed E-state index contributed by atoms with van der Waals surface area (Å²) in [7, 11) is 0. The van der Waals surface area contributed by atoms with Crippen LogP contribution < -0.4 is 10.9 Å². The quantitative estimate of drug-likeness (QED) is 0.605. The summed E-state index contributed by atoms with van der Waals surface area (Å²) in [4.78, 5) is 34.5. The van der Waals surface area contributed by atoms with Crippen molar-refractivity contribution in [1.82, 2.24) is 14.5 Å². The normalized spacial score (nSPS) is 11.2. The van der Waals surface area contributed by atoms with Gasteiger partial charge in [-0.15, -0.1) is 11.3 Å². The molecule has 0 spiro atoms. The number of benzene rings is 1. The van der Waals surface area contributed by atoms with E-state index < -0.39 is 0 Å². The molecule has 0 bridgehead atoms. The Morgan fingerprint density at radius 1 is 1.19 bits per heavy atom. The first kappa shape index (κ1) is 16.4. The van der Waals surface area contributed by atoms with Gasteiger partial charge in [0.2, 0.25) is 5.91 Å². The molecule has 0 saturated carbocycles. The molecule has 0 radical (unpaired) electrons. The van der Waals surface area contributed by atoms with Gasteiger partial charge < -0.3 is 5.32 Å². The second-order valence-electron chi connectivity index (χ2n) is 6.16. The largest absolute Gasteiger partial charge is 0.325 e. The van der Waals surface area contributed by atoms with Crippen molar-refractivity contribution in [2.45, 2.75) is 20.4 Å². The van der Waals surface area contributed by atoms with Crippen LogP contribution in [0.4, 0.5) is 5.69 Å². The predicted molar refractivity (Wildman–Crippen MR) is 104 cm³/mol. The predicted octanol–water partition coefficient (Wildman–Crippen LogP) is 3.26. The highest BCUT2D eigenvalue weighted by atomic mass is 32.1. The van der Waals surface area contributed by atoms with Gasteiger partial charge in [0.15, 0.2) is 0 Å². The van der Waals surface area contributed by atoms with Gasteiger partial charge in [0.25, 0.3) is 5.56 Å². The fourth-order valence-electron chi connectivity index (χ4n) is 2.79. The van der Waals surface area contributed by atoms with E-state index in [-0.39, 0.29) is 18.0 Å².